The van der Waals surface area contributed by atoms with Gasteiger partial charge in [-0.1, -0.05) is 139 Å². The van der Waals surface area contributed by atoms with Crippen molar-refractivity contribution in [2.45, 2.75) is 13.8 Å². The average Bonchev–Trinajstić information content (AvgIpc) is 2.85. The Morgan fingerprint density at radius 3 is 1.57 bits per heavy atom. The van der Waals surface area contributed by atoms with Crippen LogP contribution in [0.2, 0.25) is 0 Å². The molecule has 0 aliphatic carbocycles. The smallest absolute Gasteiger partial charge is 0.123 e. The standard InChI is InChI=1S/C11H11Cl.C11H11F.C10H9Br/c2*1-8(2)10-5-4-6-11(7-10)9(3)12;1-3-9-5-4-6-10(7-9)8(2)11/h2*4-7H,1,3H2,2H3;3-7H,1-2H2. The van der Waals surface area contributed by atoms with E-state index < -0.39 is 5.83 Å². The average molecular weight is 550 g/mol. The first-order valence-corrected chi connectivity index (χ1v) is 11.9. The van der Waals surface area contributed by atoms with Crippen LogP contribution in [-0.2, 0) is 0 Å². The normalized spacial score (nSPS) is 9.40. The van der Waals surface area contributed by atoms with Gasteiger partial charge in [0.05, 0.1) is 0 Å². The SMILES string of the molecule is C=C(C)c1cccc(C(=C)Cl)c1.C=C(C)c1cccc(C(=C)F)c1.C=Cc1cccc(C(=C)Br)c1. The van der Waals surface area contributed by atoms with Crippen molar-refractivity contribution in [2.24, 2.45) is 0 Å². The first kappa shape index (κ1) is 29.8. The molecule has 0 amide bonds. The fraction of sp³-hybridized carbons (Fsp3) is 0.0625. The van der Waals surface area contributed by atoms with Gasteiger partial charge in [-0.25, -0.2) is 4.39 Å². The van der Waals surface area contributed by atoms with Crippen LogP contribution in [0.4, 0.5) is 4.39 Å². The number of hydrogen-bond donors (Lipinski definition) is 0. The number of halogens is 3. The maximum absolute atomic E-state index is 12.7. The molecule has 3 aromatic carbocycles. The number of rotatable bonds is 6. The van der Waals surface area contributed by atoms with Crippen LogP contribution < -0.4 is 0 Å². The number of benzene rings is 3. The Hall–Kier alpha value is -3.20. The molecule has 0 aromatic heterocycles. The minimum absolute atomic E-state index is 0.405. The van der Waals surface area contributed by atoms with Crippen LogP contribution in [0.3, 0.4) is 0 Å². The van der Waals surface area contributed by atoms with E-state index >= 15 is 0 Å². The van der Waals surface area contributed by atoms with Crippen molar-refractivity contribution < 1.29 is 4.39 Å². The largest absolute Gasteiger partial charge is 0.207 e. The summed E-state index contributed by atoms with van der Waals surface area (Å²) in [5.74, 6) is -0.405. The number of hydrogen-bond acceptors (Lipinski definition) is 0. The van der Waals surface area contributed by atoms with E-state index in [0.29, 0.717) is 10.6 Å². The summed E-state index contributed by atoms with van der Waals surface area (Å²) in [5.41, 5.74) is 7.71. The Morgan fingerprint density at radius 2 is 1.14 bits per heavy atom. The molecule has 0 unspecified atom stereocenters. The monoisotopic (exact) mass is 548 g/mol. The highest BCUT2D eigenvalue weighted by molar-refractivity contribution is 9.15. The molecule has 0 spiro atoms. The van der Waals surface area contributed by atoms with E-state index in [9.17, 15) is 4.39 Å². The van der Waals surface area contributed by atoms with E-state index in [1.807, 2.05) is 74.5 Å². The van der Waals surface area contributed by atoms with Crippen molar-refractivity contribution in [1.29, 1.82) is 0 Å². The molecule has 0 nitrogen and oxygen atoms in total. The lowest BCUT2D eigenvalue weighted by Crippen LogP contribution is -1.81. The molecule has 0 saturated heterocycles. The predicted molar refractivity (Wildman–Crippen MR) is 162 cm³/mol. The van der Waals surface area contributed by atoms with E-state index in [1.165, 1.54) is 0 Å². The summed E-state index contributed by atoms with van der Waals surface area (Å²) in [6.07, 6.45) is 1.82. The molecular formula is C32H31BrClF. The highest BCUT2D eigenvalue weighted by Gasteiger charge is 1.99. The Labute approximate surface area is 223 Å². The lowest BCUT2D eigenvalue weighted by Gasteiger charge is -2.02. The second-order valence-corrected chi connectivity index (χ2v) is 9.18. The third kappa shape index (κ3) is 10.7. The first-order valence-electron chi connectivity index (χ1n) is 10.7. The Bertz CT molecular complexity index is 1120. The molecule has 35 heavy (non-hydrogen) atoms. The summed E-state index contributed by atoms with van der Waals surface area (Å²) in [4.78, 5) is 0. The highest BCUT2D eigenvalue weighted by Crippen LogP contribution is 2.21. The van der Waals surface area contributed by atoms with Gasteiger partial charge in [0, 0.05) is 15.1 Å². The molecule has 0 fully saturated rings. The minimum Gasteiger partial charge on any atom is -0.207 e. The van der Waals surface area contributed by atoms with Crippen LogP contribution in [0, 0.1) is 0 Å². The van der Waals surface area contributed by atoms with Gasteiger partial charge < -0.3 is 0 Å². The summed E-state index contributed by atoms with van der Waals surface area (Å²) in [6, 6.07) is 23.0. The quantitative estimate of drug-likeness (QED) is 0.287. The summed E-state index contributed by atoms with van der Waals surface area (Å²) in [6.45, 7) is 25.8. The molecule has 0 N–H and O–H groups in total. The van der Waals surface area contributed by atoms with Crippen LogP contribution in [0.15, 0.2) is 112 Å². The molecule has 0 atom stereocenters. The van der Waals surface area contributed by atoms with Crippen molar-refractivity contribution in [3.8, 4) is 0 Å². The third-order valence-electron chi connectivity index (χ3n) is 4.77. The third-order valence-corrected chi connectivity index (χ3v) is 5.45. The van der Waals surface area contributed by atoms with Gasteiger partial charge in [0.2, 0.25) is 0 Å². The second kappa shape index (κ2) is 14.9. The van der Waals surface area contributed by atoms with Crippen molar-refractivity contribution in [2.75, 3.05) is 0 Å². The Balaban J connectivity index is 0.000000263. The Kier molecular flexibility index (Phi) is 12.7. The van der Waals surface area contributed by atoms with Gasteiger partial charge in [-0.15, -0.1) is 0 Å². The van der Waals surface area contributed by atoms with Gasteiger partial charge in [-0.2, -0.15) is 0 Å². The van der Waals surface area contributed by atoms with Gasteiger partial charge >= 0.3 is 0 Å². The topological polar surface area (TPSA) is 0 Å². The zero-order valence-corrected chi connectivity index (χ0v) is 22.7. The van der Waals surface area contributed by atoms with Crippen LogP contribution in [-0.4, -0.2) is 0 Å². The molecule has 3 heteroatoms. The molecule has 0 aliphatic rings. The van der Waals surface area contributed by atoms with Crippen LogP contribution in [0.25, 0.3) is 32.6 Å². The van der Waals surface area contributed by atoms with Crippen LogP contribution in [0.1, 0.15) is 47.2 Å². The first-order chi connectivity index (χ1) is 16.5. The van der Waals surface area contributed by atoms with E-state index in [-0.39, 0.29) is 0 Å². The molecule has 3 aromatic rings. The van der Waals surface area contributed by atoms with Crippen molar-refractivity contribution in [1.82, 2.24) is 0 Å². The predicted octanol–water partition coefficient (Wildman–Crippen LogP) is 11.3. The summed E-state index contributed by atoms with van der Waals surface area (Å²) < 4.78 is 13.6. The molecular weight excluding hydrogens is 519 g/mol. The van der Waals surface area contributed by atoms with E-state index in [0.717, 1.165) is 43.4 Å². The Morgan fingerprint density at radius 1 is 0.714 bits per heavy atom. The molecule has 0 heterocycles. The van der Waals surface area contributed by atoms with E-state index in [2.05, 4.69) is 55.4 Å². The zero-order valence-electron chi connectivity index (χ0n) is 20.4. The van der Waals surface area contributed by atoms with Crippen LogP contribution in [0.5, 0.6) is 0 Å². The molecule has 0 radical (unpaired) electrons. The molecule has 0 bridgehead atoms. The minimum atomic E-state index is -0.405. The maximum atomic E-state index is 12.7. The lowest BCUT2D eigenvalue weighted by molar-refractivity contribution is 0.763. The maximum Gasteiger partial charge on any atom is 0.123 e. The molecule has 3 rings (SSSR count). The van der Waals surface area contributed by atoms with Gasteiger partial charge in [-0.3, -0.25) is 0 Å². The zero-order chi connectivity index (χ0) is 26.5. The van der Waals surface area contributed by atoms with Crippen LogP contribution >= 0.6 is 27.5 Å². The number of allylic oxidation sites excluding steroid dienone is 2. The van der Waals surface area contributed by atoms with Crippen molar-refractivity contribution >= 4 is 60.1 Å². The van der Waals surface area contributed by atoms with E-state index in [1.54, 1.807) is 18.2 Å². The second-order valence-electron chi connectivity index (χ2n) is 7.77. The van der Waals surface area contributed by atoms with E-state index in [4.69, 9.17) is 11.6 Å². The fourth-order valence-corrected chi connectivity index (χ4v) is 3.11. The summed E-state index contributed by atoms with van der Waals surface area (Å²) >= 11 is 9.07. The molecule has 0 saturated carbocycles. The lowest BCUT2D eigenvalue weighted by atomic mass is 10.1. The summed E-state index contributed by atoms with van der Waals surface area (Å²) in [7, 11) is 0. The van der Waals surface area contributed by atoms with Crippen molar-refractivity contribution in [3.63, 3.8) is 0 Å². The fourth-order valence-electron chi connectivity index (χ4n) is 2.74. The van der Waals surface area contributed by atoms with Crippen molar-refractivity contribution in [3.05, 3.63) is 146 Å². The van der Waals surface area contributed by atoms with Gasteiger partial charge in [0.25, 0.3) is 0 Å². The van der Waals surface area contributed by atoms with Gasteiger partial charge in [0.1, 0.15) is 5.83 Å². The summed E-state index contributed by atoms with van der Waals surface area (Å²) in [5, 5.41) is 0.568. The van der Waals surface area contributed by atoms with Gasteiger partial charge in [0.15, 0.2) is 0 Å². The van der Waals surface area contributed by atoms with Gasteiger partial charge in [-0.05, 0) is 59.9 Å². The molecule has 0 aliphatic heterocycles. The molecule has 180 valence electrons. The highest BCUT2D eigenvalue weighted by atomic mass is 79.9.